The maximum absolute atomic E-state index is 12.3. The third-order valence-corrected chi connectivity index (χ3v) is 7.59. The van der Waals surface area contributed by atoms with E-state index in [4.69, 9.17) is 5.73 Å². The highest BCUT2D eigenvalue weighted by molar-refractivity contribution is 7.92. The molecule has 3 aromatic carbocycles. The van der Waals surface area contributed by atoms with Crippen LogP contribution in [0.5, 0.6) is 0 Å². The molecule has 0 aromatic heterocycles. The molecule has 0 heterocycles. The quantitative estimate of drug-likeness (QED) is 0.521. The first-order chi connectivity index (χ1) is 16.8. The van der Waals surface area contributed by atoms with Crippen molar-refractivity contribution in [2.45, 2.75) is 45.1 Å². The van der Waals surface area contributed by atoms with Crippen molar-refractivity contribution in [3.05, 3.63) is 94.5 Å². The number of anilines is 2. The van der Waals surface area contributed by atoms with Gasteiger partial charge in [-0.1, -0.05) is 54.6 Å². The molecule has 3 aromatic rings. The van der Waals surface area contributed by atoms with Gasteiger partial charge in [0.15, 0.2) is 11.6 Å². The molecule has 0 unspecified atom stereocenters. The van der Waals surface area contributed by atoms with Crippen molar-refractivity contribution in [1.29, 1.82) is 0 Å². The van der Waals surface area contributed by atoms with Gasteiger partial charge < -0.3 is 5.73 Å². The molecule has 0 aliphatic heterocycles. The average molecular weight is 491 g/mol. The number of nitrogen functional groups attached to an aromatic ring is 1. The van der Waals surface area contributed by atoms with E-state index in [9.17, 15) is 18.0 Å². The number of nitrogens with two attached hydrogens (primary N) is 1. The number of Topliss-reactive ketones (excluding diaryl/α,β-unsaturated/α-hetero) is 2. The van der Waals surface area contributed by atoms with E-state index in [0.717, 1.165) is 53.6 Å². The number of nitrogens with zero attached hydrogens (tertiary/aromatic N) is 1. The SMILES string of the molecule is CS(=O)(=O)N(Cc1ccccc1)c1cccc2c1CCCC2=O.Nc1cccc2c1CCCC2=O. The van der Waals surface area contributed by atoms with E-state index in [2.05, 4.69) is 0 Å². The fourth-order valence-corrected chi connectivity index (χ4v) is 5.64. The second kappa shape index (κ2) is 10.4. The third-order valence-electron chi connectivity index (χ3n) is 6.46. The molecule has 6 nitrogen and oxygen atoms in total. The summed E-state index contributed by atoms with van der Waals surface area (Å²) in [5, 5.41) is 0. The first-order valence-electron chi connectivity index (χ1n) is 11.8. The Morgan fingerprint density at radius 3 is 1.91 bits per heavy atom. The zero-order valence-corrected chi connectivity index (χ0v) is 20.7. The lowest BCUT2D eigenvalue weighted by Gasteiger charge is -2.27. The van der Waals surface area contributed by atoms with Gasteiger partial charge in [-0.15, -0.1) is 0 Å². The Balaban J connectivity index is 0.000000201. The van der Waals surface area contributed by atoms with Gasteiger partial charge in [-0.05, 0) is 54.5 Å². The van der Waals surface area contributed by atoms with Crippen LogP contribution in [0.3, 0.4) is 0 Å². The van der Waals surface area contributed by atoms with Crippen molar-refractivity contribution < 1.29 is 18.0 Å². The van der Waals surface area contributed by atoms with Crippen molar-refractivity contribution in [3.8, 4) is 0 Å². The van der Waals surface area contributed by atoms with E-state index in [1.165, 1.54) is 10.6 Å². The number of carbonyl (C=O) groups is 2. The summed E-state index contributed by atoms with van der Waals surface area (Å²) in [5.74, 6) is 0.338. The van der Waals surface area contributed by atoms with E-state index in [-0.39, 0.29) is 18.1 Å². The van der Waals surface area contributed by atoms with Gasteiger partial charge in [-0.3, -0.25) is 13.9 Å². The first-order valence-corrected chi connectivity index (χ1v) is 13.7. The zero-order valence-electron chi connectivity index (χ0n) is 19.9. The van der Waals surface area contributed by atoms with E-state index in [1.54, 1.807) is 18.2 Å². The molecular formula is C28H30N2O4S. The molecule has 2 aliphatic rings. The molecule has 0 fully saturated rings. The molecule has 5 rings (SSSR count). The lowest BCUT2D eigenvalue weighted by molar-refractivity contribution is 0.0964. The summed E-state index contributed by atoms with van der Waals surface area (Å²) in [5.41, 5.74) is 11.5. The number of carbonyl (C=O) groups excluding carboxylic acids is 2. The van der Waals surface area contributed by atoms with Crippen molar-refractivity contribution in [2.24, 2.45) is 0 Å². The minimum absolute atomic E-state index is 0.0984. The van der Waals surface area contributed by atoms with Gasteiger partial charge in [-0.2, -0.15) is 0 Å². The number of hydrogen-bond donors (Lipinski definition) is 1. The molecule has 182 valence electrons. The predicted octanol–water partition coefficient (Wildman–Crippen LogP) is 4.96. The number of ketones is 2. The topological polar surface area (TPSA) is 97.5 Å². The van der Waals surface area contributed by atoms with E-state index < -0.39 is 10.0 Å². The largest absolute Gasteiger partial charge is 0.398 e. The average Bonchev–Trinajstić information content (AvgIpc) is 2.84. The number of hydrogen-bond acceptors (Lipinski definition) is 5. The molecule has 35 heavy (non-hydrogen) atoms. The normalized spacial score (nSPS) is 14.9. The second-order valence-electron chi connectivity index (χ2n) is 8.99. The number of sulfonamides is 1. The maximum Gasteiger partial charge on any atom is 0.232 e. The van der Waals surface area contributed by atoms with Gasteiger partial charge in [0.1, 0.15) is 0 Å². The molecule has 0 amide bonds. The summed E-state index contributed by atoms with van der Waals surface area (Å²) < 4.78 is 26.1. The summed E-state index contributed by atoms with van der Waals surface area (Å²) in [6.45, 7) is 0.268. The lowest BCUT2D eigenvalue weighted by atomic mass is 9.89. The molecule has 0 radical (unpaired) electrons. The fraction of sp³-hybridized carbons (Fsp3) is 0.286. The number of rotatable bonds is 4. The molecule has 0 saturated carbocycles. The molecular weight excluding hydrogens is 460 g/mol. The van der Waals surface area contributed by atoms with Crippen LogP contribution in [-0.2, 0) is 29.4 Å². The van der Waals surface area contributed by atoms with E-state index in [0.29, 0.717) is 24.1 Å². The van der Waals surface area contributed by atoms with Crippen LogP contribution < -0.4 is 10.0 Å². The van der Waals surface area contributed by atoms with Gasteiger partial charge >= 0.3 is 0 Å². The molecule has 2 N–H and O–H groups in total. The van der Waals surface area contributed by atoms with Crippen LogP contribution in [0.15, 0.2) is 66.7 Å². The van der Waals surface area contributed by atoms with Gasteiger partial charge in [0.05, 0.1) is 18.5 Å². The van der Waals surface area contributed by atoms with Gasteiger partial charge in [0, 0.05) is 29.7 Å². The third kappa shape index (κ3) is 5.62. The molecule has 0 atom stereocenters. The molecule has 0 saturated heterocycles. The maximum atomic E-state index is 12.3. The fourth-order valence-electron chi connectivity index (χ4n) is 4.73. The summed E-state index contributed by atoms with van der Waals surface area (Å²) in [6, 6.07) is 20.4. The molecule has 2 aliphatic carbocycles. The standard InChI is InChI=1S/C18H19NO3S.C10H11NO/c1-23(21,22)19(13-14-7-3-2-4-8-14)17-11-5-10-16-15(17)9-6-12-18(16)20;11-9-5-1-4-8-7(9)3-2-6-10(8)12/h2-5,7-8,10-11H,6,9,12-13H2,1H3;1,4-5H,2-3,6,11H2. The Morgan fingerprint density at radius 2 is 1.31 bits per heavy atom. The number of fused-ring (bicyclic) bond motifs is 2. The minimum Gasteiger partial charge on any atom is -0.398 e. The van der Waals surface area contributed by atoms with E-state index in [1.807, 2.05) is 48.5 Å². The highest BCUT2D eigenvalue weighted by atomic mass is 32.2. The Hall–Kier alpha value is -3.45. The van der Waals surface area contributed by atoms with Gasteiger partial charge in [-0.25, -0.2) is 8.42 Å². The predicted molar refractivity (Wildman–Crippen MR) is 139 cm³/mol. The van der Waals surface area contributed by atoms with Crippen LogP contribution in [0.25, 0.3) is 0 Å². The van der Waals surface area contributed by atoms with Crippen LogP contribution >= 0.6 is 0 Å². The monoisotopic (exact) mass is 490 g/mol. The van der Waals surface area contributed by atoms with Crippen molar-refractivity contribution >= 4 is 33.0 Å². The van der Waals surface area contributed by atoms with Crippen molar-refractivity contribution in [3.63, 3.8) is 0 Å². The Bertz CT molecular complexity index is 1350. The Labute approximate surface area is 206 Å². The van der Waals surface area contributed by atoms with Crippen LogP contribution in [0, 0.1) is 0 Å². The molecule has 0 bridgehead atoms. The molecule has 0 spiro atoms. The highest BCUT2D eigenvalue weighted by Crippen LogP contribution is 2.32. The summed E-state index contributed by atoms with van der Waals surface area (Å²) in [7, 11) is -3.45. The smallest absolute Gasteiger partial charge is 0.232 e. The van der Waals surface area contributed by atoms with Crippen molar-refractivity contribution in [1.82, 2.24) is 0 Å². The summed E-state index contributed by atoms with van der Waals surface area (Å²) >= 11 is 0. The first kappa shape index (κ1) is 24.7. The van der Waals surface area contributed by atoms with Crippen LogP contribution in [-0.4, -0.2) is 26.2 Å². The minimum atomic E-state index is -3.45. The van der Waals surface area contributed by atoms with E-state index >= 15 is 0 Å². The van der Waals surface area contributed by atoms with Crippen LogP contribution in [0.1, 0.15) is 63.1 Å². The van der Waals surface area contributed by atoms with Crippen LogP contribution in [0.2, 0.25) is 0 Å². The summed E-state index contributed by atoms with van der Waals surface area (Å²) in [6.07, 6.45) is 5.82. The molecule has 7 heteroatoms. The lowest BCUT2D eigenvalue weighted by Crippen LogP contribution is -2.31. The Kier molecular flexibility index (Phi) is 7.36. The highest BCUT2D eigenvalue weighted by Gasteiger charge is 2.26. The summed E-state index contributed by atoms with van der Waals surface area (Å²) in [4.78, 5) is 23.5. The van der Waals surface area contributed by atoms with Crippen molar-refractivity contribution in [2.75, 3.05) is 16.3 Å². The van der Waals surface area contributed by atoms with Crippen LogP contribution in [0.4, 0.5) is 11.4 Å². The number of benzene rings is 3. The van der Waals surface area contributed by atoms with Gasteiger partial charge in [0.25, 0.3) is 0 Å². The zero-order chi connectivity index (χ0) is 25.0. The second-order valence-corrected chi connectivity index (χ2v) is 10.9. The Morgan fingerprint density at radius 1 is 0.743 bits per heavy atom. The van der Waals surface area contributed by atoms with Gasteiger partial charge in [0.2, 0.25) is 10.0 Å².